The number of piperidine rings is 1. The Morgan fingerprint density at radius 2 is 1.79 bits per heavy atom. The Kier molecular flexibility index (Phi) is 9.23. The molecule has 3 aromatic heterocycles. The summed E-state index contributed by atoms with van der Waals surface area (Å²) in [6.07, 6.45) is 8.54. The van der Waals surface area contributed by atoms with E-state index >= 15 is 0 Å². The number of carbonyl (C=O) groups is 1. The van der Waals surface area contributed by atoms with Crippen LogP contribution in [-0.4, -0.2) is 107 Å². The van der Waals surface area contributed by atoms with Crippen molar-refractivity contribution in [1.29, 1.82) is 0 Å². The number of benzene rings is 1. The van der Waals surface area contributed by atoms with Gasteiger partial charge in [0.25, 0.3) is 5.91 Å². The van der Waals surface area contributed by atoms with Gasteiger partial charge in [-0.2, -0.15) is 0 Å². The summed E-state index contributed by atoms with van der Waals surface area (Å²) in [5.74, 6) is 0.278. The molecule has 3 aliphatic heterocycles. The second-order valence-electron chi connectivity index (χ2n) is 13.0. The normalized spacial score (nSPS) is 18.9. The fraction of sp³-hybridized carbons (Fsp3) is 0.486. The third-order valence-corrected chi connectivity index (χ3v) is 9.99. The van der Waals surface area contributed by atoms with Crippen LogP contribution in [0.5, 0.6) is 0 Å². The van der Waals surface area contributed by atoms with Gasteiger partial charge in [-0.1, -0.05) is 6.92 Å². The van der Waals surface area contributed by atoms with E-state index in [2.05, 4.69) is 67.5 Å². The molecular formula is C35H46N10O2. The number of nitrogens with zero attached hydrogens (tertiary/aromatic N) is 6. The molecule has 12 nitrogen and oxygen atoms in total. The largest absolute Gasteiger partial charge is 0.381 e. The monoisotopic (exact) mass is 638 g/mol. The molecule has 0 bridgehead atoms. The van der Waals surface area contributed by atoms with Crippen LogP contribution in [0.4, 0.5) is 23.0 Å². The summed E-state index contributed by atoms with van der Waals surface area (Å²) < 4.78 is 5.60. The predicted molar refractivity (Wildman–Crippen MR) is 187 cm³/mol. The zero-order valence-electron chi connectivity index (χ0n) is 27.5. The maximum atomic E-state index is 12.9. The standard InChI is InChI=1S/C35H46N10O2/c1-3-23-22-25(4-5-29(23)45-14-8-26(9-15-45)44-18-16-43(2)17-19-44)40-35-31(32(36)46)41-30(27-6-12-37-33-28(27)7-13-38-33)34(42-35)39-24-10-20-47-21-11-24/h4-7,12-13,22,24,26H,3,8-11,14-21H2,1-2H3,(H2,36,46)(H,37,38)(H2,39,40,42). The van der Waals surface area contributed by atoms with Crippen LogP contribution in [0.3, 0.4) is 0 Å². The predicted octanol–water partition coefficient (Wildman–Crippen LogP) is 4.23. The molecule has 7 rings (SSSR count). The number of nitrogens with two attached hydrogens (primary N) is 1. The topological polar surface area (TPSA) is 141 Å². The number of carbonyl (C=O) groups excluding carboxylic acids is 1. The number of rotatable bonds is 9. The number of aromatic amines is 1. The smallest absolute Gasteiger partial charge is 0.271 e. The third kappa shape index (κ3) is 6.76. The van der Waals surface area contributed by atoms with Gasteiger partial charge in [-0.05, 0) is 75.0 Å². The van der Waals surface area contributed by atoms with Gasteiger partial charge < -0.3 is 35.9 Å². The highest BCUT2D eigenvalue weighted by Gasteiger charge is 2.28. The van der Waals surface area contributed by atoms with Crippen LogP contribution in [-0.2, 0) is 11.2 Å². The first-order valence-electron chi connectivity index (χ1n) is 17.0. The second-order valence-corrected chi connectivity index (χ2v) is 13.0. The van der Waals surface area contributed by atoms with Crippen LogP contribution >= 0.6 is 0 Å². The maximum Gasteiger partial charge on any atom is 0.271 e. The quantitative estimate of drug-likeness (QED) is 0.211. The number of aryl methyl sites for hydroxylation is 1. The van der Waals surface area contributed by atoms with E-state index in [0.29, 0.717) is 36.6 Å². The minimum absolute atomic E-state index is 0.0890. The van der Waals surface area contributed by atoms with Crippen molar-refractivity contribution in [2.45, 2.75) is 51.1 Å². The number of pyridine rings is 1. The number of fused-ring (bicyclic) bond motifs is 1. The van der Waals surface area contributed by atoms with Gasteiger partial charge in [0.1, 0.15) is 11.3 Å². The number of H-pyrrole nitrogens is 1. The summed E-state index contributed by atoms with van der Waals surface area (Å²) in [6.45, 7) is 10.3. The number of aromatic nitrogens is 4. The fourth-order valence-corrected chi connectivity index (χ4v) is 7.24. The molecule has 6 heterocycles. The molecule has 0 spiro atoms. The van der Waals surface area contributed by atoms with Crippen LogP contribution < -0.4 is 21.3 Å². The van der Waals surface area contributed by atoms with Crippen molar-refractivity contribution in [3.8, 4) is 11.3 Å². The van der Waals surface area contributed by atoms with Gasteiger partial charge in [0.05, 0.1) is 0 Å². The van der Waals surface area contributed by atoms with Crippen LogP contribution in [0.15, 0.2) is 42.7 Å². The summed E-state index contributed by atoms with van der Waals surface area (Å²) in [5, 5.41) is 7.92. The van der Waals surface area contributed by atoms with Crippen molar-refractivity contribution < 1.29 is 9.53 Å². The van der Waals surface area contributed by atoms with E-state index in [9.17, 15) is 4.79 Å². The van der Waals surface area contributed by atoms with E-state index in [0.717, 1.165) is 67.7 Å². The number of ether oxygens (including phenoxy) is 1. The van der Waals surface area contributed by atoms with Crippen LogP contribution in [0.1, 0.15) is 48.7 Å². The zero-order valence-corrected chi connectivity index (χ0v) is 27.5. The molecular weight excluding hydrogens is 592 g/mol. The molecule has 0 radical (unpaired) electrons. The molecule has 1 aromatic carbocycles. The number of piperazine rings is 1. The maximum absolute atomic E-state index is 12.9. The van der Waals surface area contributed by atoms with Gasteiger partial charge in [0.2, 0.25) is 0 Å². The Morgan fingerprint density at radius 3 is 2.53 bits per heavy atom. The molecule has 0 saturated carbocycles. The number of amides is 1. The van der Waals surface area contributed by atoms with Crippen molar-refractivity contribution in [1.82, 2.24) is 29.7 Å². The second kappa shape index (κ2) is 13.8. The first kappa shape index (κ1) is 31.3. The summed E-state index contributed by atoms with van der Waals surface area (Å²) >= 11 is 0. The summed E-state index contributed by atoms with van der Waals surface area (Å²) in [4.78, 5) is 38.0. The highest BCUT2D eigenvalue weighted by molar-refractivity contribution is 6.00. The van der Waals surface area contributed by atoms with Crippen molar-refractivity contribution in [2.75, 3.05) is 75.1 Å². The van der Waals surface area contributed by atoms with Crippen molar-refractivity contribution >= 4 is 40.0 Å². The SMILES string of the molecule is CCc1cc(Nc2nc(NC3CCOCC3)c(-c3ccnc4[nH]ccc34)nc2C(N)=O)ccc1N1CCC(N2CCN(C)CC2)CC1. The number of hydrogen-bond acceptors (Lipinski definition) is 10. The Morgan fingerprint density at radius 1 is 1.00 bits per heavy atom. The summed E-state index contributed by atoms with van der Waals surface area (Å²) in [6, 6.07) is 11.1. The molecule has 3 fully saturated rings. The summed E-state index contributed by atoms with van der Waals surface area (Å²) in [5.41, 5.74) is 11.5. The van der Waals surface area contributed by atoms with Crippen molar-refractivity contribution in [2.24, 2.45) is 5.73 Å². The Balaban J connectivity index is 1.16. The minimum atomic E-state index is -0.645. The number of anilines is 4. The summed E-state index contributed by atoms with van der Waals surface area (Å²) in [7, 11) is 2.22. The van der Waals surface area contributed by atoms with E-state index in [-0.39, 0.29) is 11.7 Å². The van der Waals surface area contributed by atoms with Gasteiger partial charge in [-0.3, -0.25) is 9.69 Å². The van der Waals surface area contributed by atoms with E-state index in [1.54, 1.807) is 6.20 Å². The Hall–Kier alpha value is -4.26. The minimum Gasteiger partial charge on any atom is -0.381 e. The number of hydrogen-bond donors (Lipinski definition) is 4. The van der Waals surface area contributed by atoms with Crippen molar-refractivity contribution in [3.05, 3.63) is 54.0 Å². The molecule has 47 heavy (non-hydrogen) atoms. The molecule has 3 saturated heterocycles. The molecule has 0 atom stereocenters. The number of primary amides is 1. The fourth-order valence-electron chi connectivity index (χ4n) is 7.24. The van der Waals surface area contributed by atoms with Gasteiger partial charge in [-0.25, -0.2) is 15.0 Å². The molecule has 1 amide bonds. The molecule has 3 aliphatic rings. The third-order valence-electron chi connectivity index (χ3n) is 9.99. The van der Waals surface area contributed by atoms with Crippen LogP contribution in [0, 0.1) is 0 Å². The van der Waals surface area contributed by atoms with E-state index in [1.165, 1.54) is 37.2 Å². The van der Waals surface area contributed by atoms with E-state index in [4.69, 9.17) is 20.4 Å². The first-order valence-corrected chi connectivity index (χ1v) is 17.0. The van der Waals surface area contributed by atoms with Gasteiger partial charge >= 0.3 is 0 Å². The molecule has 12 heteroatoms. The Bertz CT molecular complexity index is 1700. The zero-order chi connectivity index (χ0) is 32.3. The van der Waals surface area contributed by atoms with E-state index in [1.807, 2.05) is 18.3 Å². The van der Waals surface area contributed by atoms with Gasteiger partial charge in [0, 0.05) is 99.3 Å². The highest BCUT2D eigenvalue weighted by atomic mass is 16.5. The van der Waals surface area contributed by atoms with Crippen molar-refractivity contribution in [3.63, 3.8) is 0 Å². The lowest BCUT2D eigenvalue weighted by Gasteiger charge is -2.43. The van der Waals surface area contributed by atoms with Crippen LogP contribution in [0.2, 0.25) is 0 Å². The molecule has 4 aromatic rings. The lowest BCUT2D eigenvalue weighted by atomic mass is 10.00. The van der Waals surface area contributed by atoms with Gasteiger partial charge in [0.15, 0.2) is 17.3 Å². The van der Waals surface area contributed by atoms with E-state index < -0.39 is 5.91 Å². The van der Waals surface area contributed by atoms with Crippen LogP contribution in [0.25, 0.3) is 22.3 Å². The Labute approximate surface area is 276 Å². The number of nitrogens with one attached hydrogen (secondary N) is 3. The first-order chi connectivity index (χ1) is 23.0. The molecule has 248 valence electrons. The highest BCUT2D eigenvalue weighted by Crippen LogP contribution is 2.35. The van der Waals surface area contributed by atoms with Gasteiger partial charge in [-0.15, -0.1) is 0 Å². The lowest BCUT2D eigenvalue weighted by Crippen LogP contribution is -2.52. The average molecular weight is 639 g/mol. The number of likely N-dealkylation sites (N-methyl/N-ethyl adjacent to an activating group) is 1. The molecule has 0 aliphatic carbocycles. The average Bonchev–Trinajstić information content (AvgIpc) is 3.59. The molecule has 0 unspecified atom stereocenters. The molecule has 5 N–H and O–H groups in total. The lowest BCUT2D eigenvalue weighted by molar-refractivity contribution is 0.0904.